The fraction of sp³-hybridized carbons (Fsp3) is 0.381. The Hall–Kier alpha value is -2.29. The summed E-state index contributed by atoms with van der Waals surface area (Å²) < 4.78 is 38.9. The molecule has 1 heterocycles. The molecule has 1 aliphatic rings. The van der Waals surface area contributed by atoms with Gasteiger partial charge >= 0.3 is 0 Å². The Labute approximate surface area is 171 Å². The van der Waals surface area contributed by atoms with E-state index in [0.717, 1.165) is 22.8 Å². The lowest BCUT2D eigenvalue weighted by Crippen LogP contribution is -2.35. The fourth-order valence-corrected chi connectivity index (χ4v) is 4.31. The van der Waals surface area contributed by atoms with Crippen molar-refractivity contribution >= 4 is 15.9 Å². The van der Waals surface area contributed by atoms with Gasteiger partial charge in [0, 0.05) is 52.4 Å². The van der Waals surface area contributed by atoms with E-state index in [0.29, 0.717) is 31.7 Å². The van der Waals surface area contributed by atoms with Gasteiger partial charge in [-0.3, -0.25) is 9.69 Å². The summed E-state index contributed by atoms with van der Waals surface area (Å²) in [5.41, 5.74) is 1.41. The molecule has 29 heavy (non-hydrogen) atoms. The number of hydrogen-bond donors (Lipinski definition) is 0. The van der Waals surface area contributed by atoms with E-state index in [-0.39, 0.29) is 16.6 Å². The van der Waals surface area contributed by atoms with Gasteiger partial charge in [-0.15, -0.1) is 0 Å². The van der Waals surface area contributed by atoms with Crippen molar-refractivity contribution in [1.82, 2.24) is 14.1 Å². The van der Waals surface area contributed by atoms with E-state index < -0.39 is 10.0 Å². The van der Waals surface area contributed by atoms with Gasteiger partial charge < -0.3 is 4.90 Å². The number of halogens is 1. The van der Waals surface area contributed by atoms with Gasteiger partial charge in [-0.05, 0) is 42.3 Å². The molecule has 0 aromatic heterocycles. The van der Waals surface area contributed by atoms with Gasteiger partial charge in [0.2, 0.25) is 10.0 Å². The third-order valence-electron chi connectivity index (χ3n) is 5.05. The van der Waals surface area contributed by atoms with Gasteiger partial charge in [-0.1, -0.05) is 18.2 Å². The van der Waals surface area contributed by atoms with E-state index in [1.54, 1.807) is 29.2 Å². The quantitative estimate of drug-likeness (QED) is 0.747. The molecular weight excluding hydrogens is 393 g/mol. The Bertz CT molecular complexity index is 961. The molecule has 1 amide bonds. The second-order valence-electron chi connectivity index (χ2n) is 7.36. The Morgan fingerprint density at radius 2 is 1.76 bits per heavy atom. The second-order valence-corrected chi connectivity index (χ2v) is 9.52. The van der Waals surface area contributed by atoms with Crippen LogP contribution in [0.2, 0.25) is 0 Å². The molecule has 0 spiro atoms. The van der Waals surface area contributed by atoms with Crippen LogP contribution in [0.4, 0.5) is 4.39 Å². The zero-order valence-electron chi connectivity index (χ0n) is 16.7. The highest BCUT2D eigenvalue weighted by Crippen LogP contribution is 2.17. The van der Waals surface area contributed by atoms with Crippen LogP contribution in [0.1, 0.15) is 22.3 Å². The molecule has 6 nitrogen and oxygen atoms in total. The SMILES string of the molecule is CN(C)S(=O)(=O)c1cccc(C(=O)N2CCCN(Cc3ccc(F)cc3)CC2)c1. The van der Waals surface area contributed by atoms with E-state index in [1.807, 2.05) is 0 Å². The highest BCUT2D eigenvalue weighted by molar-refractivity contribution is 7.89. The first kappa shape index (κ1) is 21.4. The van der Waals surface area contributed by atoms with E-state index in [2.05, 4.69) is 4.90 Å². The van der Waals surface area contributed by atoms with Crippen LogP contribution in [0, 0.1) is 5.82 Å². The van der Waals surface area contributed by atoms with E-state index >= 15 is 0 Å². The Balaban J connectivity index is 1.67. The Morgan fingerprint density at radius 1 is 1.03 bits per heavy atom. The molecule has 1 saturated heterocycles. The normalized spacial score (nSPS) is 16.1. The van der Waals surface area contributed by atoms with Crippen molar-refractivity contribution in [2.45, 2.75) is 17.9 Å². The lowest BCUT2D eigenvalue weighted by Gasteiger charge is -2.22. The number of carbonyl (C=O) groups excluding carboxylic acids is 1. The molecule has 2 aromatic rings. The number of benzene rings is 2. The maximum Gasteiger partial charge on any atom is 0.253 e. The predicted molar refractivity (Wildman–Crippen MR) is 110 cm³/mol. The van der Waals surface area contributed by atoms with Gasteiger partial charge in [-0.25, -0.2) is 17.1 Å². The van der Waals surface area contributed by atoms with Crippen molar-refractivity contribution in [3.05, 3.63) is 65.5 Å². The molecule has 0 radical (unpaired) electrons. The lowest BCUT2D eigenvalue weighted by atomic mass is 10.2. The summed E-state index contributed by atoms with van der Waals surface area (Å²) >= 11 is 0. The predicted octanol–water partition coefficient (Wildman–Crippen LogP) is 2.42. The first-order valence-corrected chi connectivity index (χ1v) is 11.0. The van der Waals surface area contributed by atoms with Crippen molar-refractivity contribution in [1.29, 1.82) is 0 Å². The van der Waals surface area contributed by atoms with Gasteiger partial charge in [0.15, 0.2) is 0 Å². The summed E-state index contributed by atoms with van der Waals surface area (Å²) in [6, 6.07) is 12.7. The number of sulfonamides is 1. The zero-order valence-corrected chi connectivity index (χ0v) is 17.5. The van der Waals surface area contributed by atoms with Crippen LogP contribution in [0.5, 0.6) is 0 Å². The van der Waals surface area contributed by atoms with Crippen molar-refractivity contribution < 1.29 is 17.6 Å². The van der Waals surface area contributed by atoms with Crippen molar-refractivity contribution in [3.63, 3.8) is 0 Å². The summed E-state index contributed by atoms with van der Waals surface area (Å²) in [6.45, 7) is 3.43. The molecule has 0 atom stereocenters. The van der Waals surface area contributed by atoms with E-state index in [4.69, 9.17) is 0 Å². The molecule has 0 aliphatic carbocycles. The number of hydrogen-bond acceptors (Lipinski definition) is 4. The molecule has 0 N–H and O–H groups in total. The van der Waals surface area contributed by atoms with Crippen LogP contribution in [0.25, 0.3) is 0 Å². The fourth-order valence-electron chi connectivity index (χ4n) is 3.36. The average molecular weight is 420 g/mol. The van der Waals surface area contributed by atoms with E-state index in [1.165, 1.54) is 38.4 Å². The van der Waals surface area contributed by atoms with Crippen molar-refractivity contribution in [2.24, 2.45) is 0 Å². The second kappa shape index (κ2) is 9.02. The summed E-state index contributed by atoms with van der Waals surface area (Å²) in [5.74, 6) is -0.413. The van der Waals surface area contributed by atoms with Crippen LogP contribution in [-0.2, 0) is 16.6 Å². The minimum Gasteiger partial charge on any atom is -0.337 e. The molecule has 0 unspecified atom stereocenters. The minimum atomic E-state index is -3.59. The van der Waals surface area contributed by atoms with Crippen molar-refractivity contribution in [2.75, 3.05) is 40.3 Å². The van der Waals surface area contributed by atoms with Crippen LogP contribution in [-0.4, -0.2) is 68.7 Å². The first-order valence-electron chi connectivity index (χ1n) is 9.56. The Morgan fingerprint density at radius 3 is 2.45 bits per heavy atom. The van der Waals surface area contributed by atoms with Gasteiger partial charge in [-0.2, -0.15) is 0 Å². The molecule has 2 aromatic carbocycles. The Kier molecular flexibility index (Phi) is 6.66. The molecule has 8 heteroatoms. The lowest BCUT2D eigenvalue weighted by molar-refractivity contribution is 0.0761. The average Bonchev–Trinajstić information content (AvgIpc) is 2.94. The topological polar surface area (TPSA) is 60.9 Å². The number of rotatable bonds is 5. The third kappa shape index (κ3) is 5.20. The van der Waals surface area contributed by atoms with Crippen LogP contribution in [0.15, 0.2) is 53.4 Å². The highest BCUT2D eigenvalue weighted by atomic mass is 32.2. The summed E-state index contributed by atoms with van der Waals surface area (Å²) in [6.07, 6.45) is 0.822. The van der Waals surface area contributed by atoms with Crippen LogP contribution in [0.3, 0.4) is 0 Å². The zero-order chi connectivity index (χ0) is 21.0. The van der Waals surface area contributed by atoms with Gasteiger partial charge in [0.05, 0.1) is 4.90 Å². The maximum atomic E-state index is 13.1. The molecular formula is C21H26FN3O3S. The largest absolute Gasteiger partial charge is 0.337 e. The number of amides is 1. The van der Waals surface area contributed by atoms with Crippen LogP contribution < -0.4 is 0 Å². The minimum absolute atomic E-state index is 0.112. The monoisotopic (exact) mass is 419 g/mol. The molecule has 3 rings (SSSR count). The first-order chi connectivity index (χ1) is 13.8. The van der Waals surface area contributed by atoms with E-state index in [9.17, 15) is 17.6 Å². The summed E-state index contributed by atoms with van der Waals surface area (Å²) in [4.78, 5) is 17.1. The summed E-state index contributed by atoms with van der Waals surface area (Å²) in [7, 11) is -0.656. The summed E-state index contributed by atoms with van der Waals surface area (Å²) in [5, 5.41) is 0. The maximum absolute atomic E-state index is 13.1. The molecule has 1 aliphatic heterocycles. The number of nitrogens with zero attached hydrogens (tertiary/aromatic N) is 3. The van der Waals surface area contributed by atoms with Gasteiger partial charge in [0.1, 0.15) is 5.82 Å². The molecule has 156 valence electrons. The highest BCUT2D eigenvalue weighted by Gasteiger charge is 2.23. The molecule has 0 saturated carbocycles. The smallest absolute Gasteiger partial charge is 0.253 e. The van der Waals surface area contributed by atoms with Gasteiger partial charge in [0.25, 0.3) is 5.91 Å². The third-order valence-corrected chi connectivity index (χ3v) is 6.87. The standard InChI is InChI=1S/C21H26FN3O3S/c1-23(2)29(27,28)20-6-3-5-18(15-20)21(26)25-12-4-11-24(13-14-25)16-17-7-9-19(22)10-8-17/h3,5-10,15H,4,11-14,16H2,1-2H3. The van der Waals surface area contributed by atoms with Crippen LogP contribution >= 0.6 is 0 Å². The molecule has 0 bridgehead atoms. The van der Waals surface area contributed by atoms with Crippen molar-refractivity contribution in [3.8, 4) is 0 Å². The molecule has 1 fully saturated rings. The number of carbonyl (C=O) groups is 1.